The highest BCUT2D eigenvalue weighted by Gasteiger charge is 2.20. The average molecular weight is 290 g/mol. The van der Waals surface area contributed by atoms with Gasteiger partial charge in [-0.05, 0) is 24.5 Å². The summed E-state index contributed by atoms with van der Waals surface area (Å²) in [6, 6.07) is 4.55. The molecule has 0 spiro atoms. The Morgan fingerprint density at radius 2 is 2.24 bits per heavy atom. The smallest absolute Gasteiger partial charge is 0.304 e. The first-order valence-corrected chi connectivity index (χ1v) is 6.79. The standard InChI is InChI=1S/C14H15FN4O2/c15-13-5-10(1-4-14(13)19(20)21)8-18-9-11(7-17-18)6-16-12-2-3-12/h1,4-5,7,9,12,16H,2-3,6,8H2. The van der Waals surface area contributed by atoms with Gasteiger partial charge in [-0.1, -0.05) is 6.07 Å². The molecular formula is C14H15FN4O2. The number of nitro groups is 1. The minimum Gasteiger partial charge on any atom is -0.310 e. The molecule has 3 rings (SSSR count). The van der Waals surface area contributed by atoms with Crippen molar-refractivity contribution in [1.82, 2.24) is 15.1 Å². The van der Waals surface area contributed by atoms with Gasteiger partial charge in [0.1, 0.15) is 0 Å². The Balaban J connectivity index is 1.65. The number of aromatic nitrogens is 2. The van der Waals surface area contributed by atoms with Crippen molar-refractivity contribution in [3.63, 3.8) is 0 Å². The minimum absolute atomic E-state index is 0.387. The van der Waals surface area contributed by atoms with Crippen LogP contribution in [-0.4, -0.2) is 20.7 Å². The van der Waals surface area contributed by atoms with Gasteiger partial charge in [0, 0.05) is 30.4 Å². The maximum Gasteiger partial charge on any atom is 0.304 e. The summed E-state index contributed by atoms with van der Waals surface area (Å²) in [5.41, 5.74) is 1.21. The molecule has 1 aromatic heterocycles. The topological polar surface area (TPSA) is 73.0 Å². The number of hydrogen-bond acceptors (Lipinski definition) is 4. The zero-order valence-electron chi connectivity index (χ0n) is 11.3. The lowest BCUT2D eigenvalue weighted by molar-refractivity contribution is -0.387. The van der Waals surface area contributed by atoms with E-state index < -0.39 is 16.4 Å². The van der Waals surface area contributed by atoms with Crippen molar-refractivity contribution in [2.75, 3.05) is 0 Å². The number of nitrogens with one attached hydrogen (secondary N) is 1. The van der Waals surface area contributed by atoms with E-state index in [1.54, 1.807) is 16.9 Å². The van der Waals surface area contributed by atoms with Crippen molar-refractivity contribution >= 4 is 5.69 Å². The fourth-order valence-corrected chi connectivity index (χ4v) is 2.12. The molecule has 1 aliphatic carbocycles. The normalized spacial score (nSPS) is 14.3. The second-order valence-corrected chi connectivity index (χ2v) is 5.24. The van der Waals surface area contributed by atoms with Crippen molar-refractivity contribution in [2.45, 2.75) is 32.0 Å². The van der Waals surface area contributed by atoms with E-state index in [0.29, 0.717) is 18.2 Å². The van der Waals surface area contributed by atoms with Crippen LogP contribution in [-0.2, 0) is 13.1 Å². The van der Waals surface area contributed by atoms with Crippen LogP contribution >= 0.6 is 0 Å². The van der Waals surface area contributed by atoms with Gasteiger partial charge >= 0.3 is 5.69 Å². The molecule has 0 saturated heterocycles. The summed E-state index contributed by atoms with van der Waals surface area (Å²) in [5.74, 6) is -0.819. The van der Waals surface area contributed by atoms with Crippen molar-refractivity contribution in [3.8, 4) is 0 Å². The maximum atomic E-state index is 13.5. The highest BCUT2D eigenvalue weighted by Crippen LogP contribution is 2.20. The molecule has 0 bridgehead atoms. The molecule has 1 N–H and O–H groups in total. The summed E-state index contributed by atoms with van der Waals surface area (Å²) in [5, 5.41) is 18.2. The van der Waals surface area contributed by atoms with Gasteiger partial charge in [-0.3, -0.25) is 14.8 Å². The highest BCUT2D eigenvalue weighted by molar-refractivity contribution is 5.35. The van der Waals surface area contributed by atoms with Crippen molar-refractivity contribution < 1.29 is 9.31 Å². The van der Waals surface area contributed by atoms with Crippen LogP contribution in [0.25, 0.3) is 0 Å². The molecule has 0 radical (unpaired) electrons. The number of halogens is 1. The van der Waals surface area contributed by atoms with Crippen LogP contribution in [0.4, 0.5) is 10.1 Å². The van der Waals surface area contributed by atoms with Crippen molar-refractivity contribution in [3.05, 3.63) is 57.7 Å². The fraction of sp³-hybridized carbons (Fsp3) is 0.357. The molecule has 0 aliphatic heterocycles. The van der Waals surface area contributed by atoms with Crippen molar-refractivity contribution in [1.29, 1.82) is 0 Å². The zero-order chi connectivity index (χ0) is 14.8. The summed E-state index contributed by atoms with van der Waals surface area (Å²) in [6.45, 7) is 1.16. The van der Waals surface area contributed by atoms with E-state index in [9.17, 15) is 14.5 Å². The third kappa shape index (κ3) is 3.43. The van der Waals surface area contributed by atoms with E-state index in [0.717, 1.165) is 12.1 Å². The monoisotopic (exact) mass is 290 g/mol. The van der Waals surface area contributed by atoms with E-state index in [-0.39, 0.29) is 0 Å². The Morgan fingerprint density at radius 3 is 2.90 bits per heavy atom. The Labute approximate surface area is 120 Å². The molecule has 1 fully saturated rings. The zero-order valence-corrected chi connectivity index (χ0v) is 11.3. The van der Waals surface area contributed by atoms with Gasteiger partial charge in [0.15, 0.2) is 0 Å². The molecule has 0 atom stereocenters. The number of benzene rings is 1. The number of nitro benzene ring substituents is 1. The van der Waals surface area contributed by atoms with E-state index >= 15 is 0 Å². The van der Waals surface area contributed by atoms with Gasteiger partial charge in [0.25, 0.3) is 0 Å². The molecule has 0 unspecified atom stereocenters. The summed E-state index contributed by atoms with van der Waals surface area (Å²) < 4.78 is 15.2. The van der Waals surface area contributed by atoms with Crippen LogP contribution in [0.3, 0.4) is 0 Å². The Hall–Kier alpha value is -2.28. The lowest BCUT2D eigenvalue weighted by Gasteiger charge is -2.03. The quantitative estimate of drug-likeness (QED) is 0.654. The molecule has 2 aromatic rings. The molecular weight excluding hydrogens is 275 g/mol. The molecule has 110 valence electrons. The van der Waals surface area contributed by atoms with Crippen LogP contribution in [0.15, 0.2) is 30.6 Å². The van der Waals surface area contributed by atoms with Crippen LogP contribution < -0.4 is 5.32 Å². The van der Waals surface area contributed by atoms with Crippen LogP contribution in [0.2, 0.25) is 0 Å². The minimum atomic E-state index is -0.819. The predicted octanol–water partition coefficient (Wildman–Crippen LogP) is 2.23. The van der Waals surface area contributed by atoms with Gasteiger partial charge in [-0.25, -0.2) is 0 Å². The molecule has 21 heavy (non-hydrogen) atoms. The molecule has 6 nitrogen and oxygen atoms in total. The third-order valence-electron chi connectivity index (χ3n) is 3.41. The van der Waals surface area contributed by atoms with E-state index in [1.165, 1.54) is 25.0 Å². The largest absolute Gasteiger partial charge is 0.310 e. The van der Waals surface area contributed by atoms with Crippen LogP contribution in [0.1, 0.15) is 24.0 Å². The number of hydrogen-bond donors (Lipinski definition) is 1. The van der Waals surface area contributed by atoms with Gasteiger partial charge in [-0.2, -0.15) is 9.49 Å². The summed E-state index contributed by atoms with van der Waals surface area (Å²) >= 11 is 0. The van der Waals surface area contributed by atoms with Gasteiger partial charge in [0.2, 0.25) is 5.82 Å². The predicted molar refractivity (Wildman–Crippen MR) is 74.2 cm³/mol. The highest BCUT2D eigenvalue weighted by atomic mass is 19.1. The lowest BCUT2D eigenvalue weighted by Crippen LogP contribution is -2.14. The van der Waals surface area contributed by atoms with E-state index in [1.807, 2.05) is 6.20 Å². The summed E-state index contributed by atoms with van der Waals surface area (Å²) in [4.78, 5) is 9.84. The molecule has 1 heterocycles. The van der Waals surface area contributed by atoms with Gasteiger partial charge < -0.3 is 5.32 Å². The molecule has 1 aromatic carbocycles. The average Bonchev–Trinajstić information content (AvgIpc) is 3.16. The van der Waals surface area contributed by atoms with Crippen LogP contribution in [0, 0.1) is 15.9 Å². The second-order valence-electron chi connectivity index (χ2n) is 5.24. The molecule has 1 saturated carbocycles. The molecule has 7 heteroatoms. The van der Waals surface area contributed by atoms with Gasteiger partial charge in [-0.15, -0.1) is 0 Å². The fourth-order valence-electron chi connectivity index (χ4n) is 2.12. The van der Waals surface area contributed by atoms with Crippen molar-refractivity contribution in [2.24, 2.45) is 0 Å². The SMILES string of the molecule is O=[N+]([O-])c1ccc(Cn2cc(CNC3CC3)cn2)cc1F. The number of nitrogens with zero attached hydrogens (tertiary/aromatic N) is 3. The first-order valence-electron chi connectivity index (χ1n) is 6.79. The molecule has 0 amide bonds. The van der Waals surface area contributed by atoms with Gasteiger partial charge in [0.05, 0.1) is 17.7 Å². The maximum absolute atomic E-state index is 13.5. The van der Waals surface area contributed by atoms with E-state index in [4.69, 9.17) is 0 Å². The third-order valence-corrected chi connectivity index (χ3v) is 3.41. The summed E-state index contributed by atoms with van der Waals surface area (Å²) in [7, 11) is 0. The van der Waals surface area contributed by atoms with E-state index in [2.05, 4.69) is 10.4 Å². The number of rotatable bonds is 6. The first kappa shape index (κ1) is 13.7. The Bertz CT molecular complexity index is 667. The lowest BCUT2D eigenvalue weighted by atomic mass is 10.2. The first-order chi connectivity index (χ1) is 10.1. The Kier molecular flexibility index (Phi) is 3.66. The second kappa shape index (κ2) is 5.61. The summed E-state index contributed by atoms with van der Waals surface area (Å²) in [6.07, 6.45) is 6.14. The Morgan fingerprint density at radius 1 is 1.43 bits per heavy atom. The van der Waals surface area contributed by atoms with Crippen LogP contribution in [0.5, 0.6) is 0 Å². The molecule has 1 aliphatic rings.